The van der Waals surface area contributed by atoms with E-state index in [9.17, 15) is 0 Å². The number of hydrogen-bond donors (Lipinski definition) is 1. The fourth-order valence-corrected chi connectivity index (χ4v) is 1.47. The third kappa shape index (κ3) is 2.71. The van der Waals surface area contributed by atoms with E-state index < -0.39 is 0 Å². The average Bonchev–Trinajstić information content (AvgIpc) is 2.03. The predicted molar refractivity (Wildman–Crippen MR) is 58.5 cm³/mol. The van der Waals surface area contributed by atoms with Gasteiger partial charge in [-0.3, -0.25) is 0 Å². The van der Waals surface area contributed by atoms with Crippen LogP contribution < -0.4 is 5.73 Å². The molecule has 1 nitrogen and oxygen atoms in total. The Labute approximate surface area is 80.3 Å². The number of nitrogens with two attached hydrogens (primary N) is 1. The molecule has 1 aromatic rings. The maximum atomic E-state index is 5.72. The fraction of sp³-hybridized carbons (Fsp3) is 0.333. The summed E-state index contributed by atoms with van der Waals surface area (Å²) in [5, 5.41) is 0. The van der Waals surface area contributed by atoms with Crippen molar-refractivity contribution in [3.8, 4) is 0 Å². The van der Waals surface area contributed by atoms with Gasteiger partial charge < -0.3 is 5.73 Å². The van der Waals surface area contributed by atoms with Gasteiger partial charge in [-0.25, -0.2) is 0 Å². The normalized spacial score (nSPS) is 12.5. The molecule has 0 aliphatic rings. The highest BCUT2D eigenvalue weighted by Gasteiger charge is 2.03. The SMILES string of the molecule is C=C(CC(C)N)c1ccccc1C. The van der Waals surface area contributed by atoms with E-state index in [-0.39, 0.29) is 6.04 Å². The summed E-state index contributed by atoms with van der Waals surface area (Å²) in [6.07, 6.45) is 0.866. The Morgan fingerprint density at radius 3 is 2.62 bits per heavy atom. The molecule has 1 atom stereocenters. The van der Waals surface area contributed by atoms with Crippen LogP contribution in [0.2, 0.25) is 0 Å². The van der Waals surface area contributed by atoms with E-state index in [1.54, 1.807) is 0 Å². The minimum Gasteiger partial charge on any atom is -0.328 e. The Morgan fingerprint density at radius 2 is 2.08 bits per heavy atom. The Kier molecular flexibility index (Phi) is 3.26. The molecular weight excluding hydrogens is 158 g/mol. The first-order valence-corrected chi connectivity index (χ1v) is 4.60. The van der Waals surface area contributed by atoms with Gasteiger partial charge in [-0.1, -0.05) is 30.8 Å². The van der Waals surface area contributed by atoms with Crippen molar-refractivity contribution in [1.29, 1.82) is 0 Å². The molecule has 0 aliphatic carbocycles. The van der Waals surface area contributed by atoms with E-state index in [4.69, 9.17) is 5.73 Å². The van der Waals surface area contributed by atoms with Crippen molar-refractivity contribution in [1.82, 2.24) is 0 Å². The van der Waals surface area contributed by atoms with Gasteiger partial charge in [0.05, 0.1) is 0 Å². The molecule has 0 fully saturated rings. The Balaban J connectivity index is 2.83. The van der Waals surface area contributed by atoms with Crippen molar-refractivity contribution >= 4 is 5.57 Å². The summed E-state index contributed by atoms with van der Waals surface area (Å²) >= 11 is 0. The van der Waals surface area contributed by atoms with E-state index in [0.29, 0.717) is 0 Å². The topological polar surface area (TPSA) is 26.0 Å². The van der Waals surface area contributed by atoms with Crippen LogP contribution in [0.5, 0.6) is 0 Å². The summed E-state index contributed by atoms with van der Waals surface area (Å²) in [5.41, 5.74) is 9.36. The first-order chi connectivity index (χ1) is 6.11. The lowest BCUT2D eigenvalue weighted by Crippen LogP contribution is -2.14. The zero-order chi connectivity index (χ0) is 9.84. The van der Waals surface area contributed by atoms with Crippen LogP contribution in [0.25, 0.3) is 5.57 Å². The van der Waals surface area contributed by atoms with Gasteiger partial charge in [0.25, 0.3) is 0 Å². The van der Waals surface area contributed by atoms with Crippen molar-refractivity contribution in [3.05, 3.63) is 42.0 Å². The molecule has 0 aromatic heterocycles. The molecule has 2 N–H and O–H groups in total. The van der Waals surface area contributed by atoms with Crippen LogP contribution in [-0.2, 0) is 0 Å². The highest BCUT2D eigenvalue weighted by atomic mass is 14.6. The second-order valence-corrected chi connectivity index (χ2v) is 3.60. The molecule has 1 unspecified atom stereocenters. The van der Waals surface area contributed by atoms with Gasteiger partial charge in [-0.2, -0.15) is 0 Å². The van der Waals surface area contributed by atoms with Crippen LogP contribution in [-0.4, -0.2) is 6.04 Å². The van der Waals surface area contributed by atoms with E-state index >= 15 is 0 Å². The van der Waals surface area contributed by atoms with Gasteiger partial charge in [-0.05, 0) is 37.0 Å². The number of rotatable bonds is 3. The lowest BCUT2D eigenvalue weighted by molar-refractivity contribution is 0.768. The quantitative estimate of drug-likeness (QED) is 0.751. The van der Waals surface area contributed by atoms with E-state index in [0.717, 1.165) is 12.0 Å². The first kappa shape index (κ1) is 10.0. The van der Waals surface area contributed by atoms with Gasteiger partial charge in [0.2, 0.25) is 0 Å². The van der Waals surface area contributed by atoms with Crippen LogP contribution in [0.15, 0.2) is 30.8 Å². The first-order valence-electron chi connectivity index (χ1n) is 4.60. The minimum atomic E-state index is 0.187. The summed E-state index contributed by atoms with van der Waals surface area (Å²) in [6.45, 7) is 8.15. The molecule has 13 heavy (non-hydrogen) atoms. The smallest absolute Gasteiger partial charge is 0.00509 e. The average molecular weight is 175 g/mol. The molecule has 0 heterocycles. The number of benzene rings is 1. The van der Waals surface area contributed by atoms with E-state index in [1.807, 2.05) is 19.1 Å². The summed E-state index contributed by atoms with van der Waals surface area (Å²) < 4.78 is 0. The van der Waals surface area contributed by atoms with Crippen LogP contribution in [0, 0.1) is 6.92 Å². The largest absolute Gasteiger partial charge is 0.328 e. The second kappa shape index (κ2) is 4.24. The summed E-state index contributed by atoms with van der Waals surface area (Å²) in [4.78, 5) is 0. The summed E-state index contributed by atoms with van der Waals surface area (Å²) in [6, 6.07) is 8.46. The van der Waals surface area contributed by atoms with Gasteiger partial charge >= 0.3 is 0 Å². The van der Waals surface area contributed by atoms with E-state index in [1.165, 1.54) is 11.1 Å². The monoisotopic (exact) mass is 175 g/mol. The Morgan fingerprint density at radius 1 is 1.46 bits per heavy atom. The number of hydrogen-bond acceptors (Lipinski definition) is 1. The molecule has 1 rings (SSSR count). The summed E-state index contributed by atoms with van der Waals surface area (Å²) in [5.74, 6) is 0. The van der Waals surface area contributed by atoms with Crippen LogP contribution >= 0.6 is 0 Å². The minimum absolute atomic E-state index is 0.187. The standard InChI is InChI=1S/C12H17N/c1-9-6-4-5-7-12(9)10(2)8-11(3)13/h4-7,11H,2,8,13H2,1,3H3. The van der Waals surface area contributed by atoms with Crippen molar-refractivity contribution in [2.45, 2.75) is 26.3 Å². The molecule has 70 valence electrons. The molecule has 0 bridgehead atoms. The molecular formula is C12H17N. The van der Waals surface area contributed by atoms with Gasteiger partial charge in [0.1, 0.15) is 0 Å². The maximum absolute atomic E-state index is 5.72. The molecule has 0 radical (unpaired) electrons. The lowest BCUT2D eigenvalue weighted by atomic mass is 9.97. The molecule has 0 spiro atoms. The highest BCUT2D eigenvalue weighted by Crippen LogP contribution is 2.20. The van der Waals surface area contributed by atoms with Crippen LogP contribution in [0.4, 0.5) is 0 Å². The zero-order valence-corrected chi connectivity index (χ0v) is 8.38. The molecule has 0 amide bonds. The van der Waals surface area contributed by atoms with Crippen LogP contribution in [0.1, 0.15) is 24.5 Å². The van der Waals surface area contributed by atoms with Crippen molar-refractivity contribution in [3.63, 3.8) is 0 Å². The summed E-state index contributed by atoms with van der Waals surface area (Å²) in [7, 11) is 0. The molecule has 1 heteroatoms. The van der Waals surface area contributed by atoms with Gasteiger partial charge in [0, 0.05) is 6.04 Å². The molecule has 1 aromatic carbocycles. The molecule has 0 aliphatic heterocycles. The third-order valence-corrected chi connectivity index (χ3v) is 2.09. The number of aryl methyl sites for hydroxylation is 1. The Hall–Kier alpha value is -1.08. The predicted octanol–water partition coefficient (Wildman–Crippen LogP) is 2.75. The molecule has 0 saturated heterocycles. The highest BCUT2D eigenvalue weighted by molar-refractivity contribution is 5.66. The van der Waals surface area contributed by atoms with Crippen molar-refractivity contribution < 1.29 is 0 Å². The Bertz CT molecular complexity index is 300. The fourth-order valence-electron chi connectivity index (χ4n) is 1.47. The van der Waals surface area contributed by atoms with Crippen LogP contribution in [0.3, 0.4) is 0 Å². The zero-order valence-electron chi connectivity index (χ0n) is 8.38. The second-order valence-electron chi connectivity index (χ2n) is 3.60. The lowest BCUT2D eigenvalue weighted by Gasteiger charge is -2.10. The third-order valence-electron chi connectivity index (χ3n) is 2.09. The van der Waals surface area contributed by atoms with E-state index in [2.05, 4.69) is 25.6 Å². The molecule has 0 saturated carbocycles. The van der Waals surface area contributed by atoms with Gasteiger partial charge in [0.15, 0.2) is 0 Å². The van der Waals surface area contributed by atoms with Crippen molar-refractivity contribution in [2.75, 3.05) is 0 Å². The van der Waals surface area contributed by atoms with Crippen molar-refractivity contribution in [2.24, 2.45) is 5.73 Å². The maximum Gasteiger partial charge on any atom is 0.00509 e. The van der Waals surface area contributed by atoms with Gasteiger partial charge in [-0.15, -0.1) is 0 Å².